The molecule has 0 saturated heterocycles. The second-order valence-electron chi connectivity index (χ2n) is 4.35. The molecule has 1 unspecified atom stereocenters. The Hall–Kier alpha value is -2.03. The number of nitrogens with one attached hydrogen (secondary N) is 1. The summed E-state index contributed by atoms with van der Waals surface area (Å²) in [6.45, 7) is 4.51. The zero-order chi connectivity index (χ0) is 13.7. The van der Waals surface area contributed by atoms with Gasteiger partial charge in [-0.25, -0.2) is 4.39 Å². The SMILES string of the molecule is CCOc1cccc(NC(C)c2ccccc2F)c1. The van der Waals surface area contributed by atoms with Crippen molar-refractivity contribution in [1.29, 1.82) is 0 Å². The van der Waals surface area contributed by atoms with E-state index in [9.17, 15) is 4.39 Å². The predicted octanol–water partition coefficient (Wildman–Crippen LogP) is 4.40. The van der Waals surface area contributed by atoms with E-state index in [4.69, 9.17) is 4.74 Å². The fourth-order valence-corrected chi connectivity index (χ4v) is 2.00. The highest BCUT2D eigenvalue weighted by Gasteiger charge is 2.10. The summed E-state index contributed by atoms with van der Waals surface area (Å²) in [5.41, 5.74) is 1.58. The molecule has 0 aromatic heterocycles. The molecule has 0 aliphatic rings. The van der Waals surface area contributed by atoms with Crippen LogP contribution in [0.25, 0.3) is 0 Å². The maximum Gasteiger partial charge on any atom is 0.128 e. The molecule has 0 aliphatic heterocycles. The summed E-state index contributed by atoms with van der Waals surface area (Å²) < 4.78 is 19.1. The Morgan fingerprint density at radius 2 is 1.95 bits per heavy atom. The Labute approximate surface area is 113 Å². The van der Waals surface area contributed by atoms with Crippen molar-refractivity contribution < 1.29 is 9.13 Å². The highest BCUT2D eigenvalue weighted by molar-refractivity contribution is 5.49. The maximum atomic E-state index is 13.7. The van der Waals surface area contributed by atoms with Crippen LogP contribution in [-0.2, 0) is 0 Å². The first kappa shape index (κ1) is 13.4. The summed E-state index contributed by atoms with van der Waals surface area (Å²) in [7, 11) is 0. The molecule has 0 saturated carbocycles. The van der Waals surface area contributed by atoms with Crippen LogP contribution in [0.2, 0.25) is 0 Å². The van der Waals surface area contributed by atoms with Crippen LogP contribution in [0.15, 0.2) is 48.5 Å². The van der Waals surface area contributed by atoms with E-state index < -0.39 is 0 Å². The zero-order valence-corrected chi connectivity index (χ0v) is 11.2. The van der Waals surface area contributed by atoms with E-state index in [1.807, 2.05) is 44.2 Å². The minimum atomic E-state index is -0.191. The highest BCUT2D eigenvalue weighted by Crippen LogP contribution is 2.24. The average molecular weight is 259 g/mol. The first-order valence-electron chi connectivity index (χ1n) is 6.44. The Kier molecular flexibility index (Phi) is 4.39. The summed E-state index contributed by atoms with van der Waals surface area (Å²) in [5, 5.41) is 3.28. The van der Waals surface area contributed by atoms with Crippen LogP contribution < -0.4 is 10.1 Å². The second kappa shape index (κ2) is 6.23. The van der Waals surface area contributed by atoms with E-state index in [2.05, 4.69) is 5.32 Å². The van der Waals surface area contributed by atoms with Gasteiger partial charge in [0.2, 0.25) is 0 Å². The van der Waals surface area contributed by atoms with Gasteiger partial charge < -0.3 is 10.1 Å². The molecular formula is C16H18FNO. The first-order chi connectivity index (χ1) is 9.20. The lowest BCUT2D eigenvalue weighted by Gasteiger charge is -2.17. The van der Waals surface area contributed by atoms with Crippen molar-refractivity contribution in [3.8, 4) is 5.75 Å². The molecule has 0 spiro atoms. The number of halogens is 1. The standard InChI is InChI=1S/C16H18FNO/c1-3-19-14-8-6-7-13(11-14)18-12(2)15-9-4-5-10-16(15)17/h4-12,18H,3H2,1-2H3. The van der Waals surface area contributed by atoms with Crippen LogP contribution in [-0.4, -0.2) is 6.61 Å². The van der Waals surface area contributed by atoms with E-state index in [1.165, 1.54) is 6.07 Å². The van der Waals surface area contributed by atoms with E-state index in [0.717, 1.165) is 11.4 Å². The highest BCUT2D eigenvalue weighted by atomic mass is 19.1. The molecule has 19 heavy (non-hydrogen) atoms. The van der Waals surface area contributed by atoms with Gasteiger partial charge in [0.15, 0.2) is 0 Å². The summed E-state index contributed by atoms with van der Waals surface area (Å²) in [6.07, 6.45) is 0. The lowest BCUT2D eigenvalue weighted by atomic mass is 10.1. The van der Waals surface area contributed by atoms with Crippen molar-refractivity contribution in [1.82, 2.24) is 0 Å². The Morgan fingerprint density at radius 3 is 2.68 bits per heavy atom. The molecule has 100 valence electrons. The Morgan fingerprint density at radius 1 is 1.16 bits per heavy atom. The van der Waals surface area contributed by atoms with Gasteiger partial charge in [-0.2, -0.15) is 0 Å². The maximum absolute atomic E-state index is 13.7. The number of ether oxygens (including phenoxy) is 1. The number of anilines is 1. The molecule has 2 nitrogen and oxygen atoms in total. The molecule has 3 heteroatoms. The average Bonchev–Trinajstić information content (AvgIpc) is 2.40. The van der Waals surface area contributed by atoms with Crippen molar-refractivity contribution >= 4 is 5.69 Å². The van der Waals surface area contributed by atoms with Crippen molar-refractivity contribution in [3.05, 3.63) is 59.9 Å². The van der Waals surface area contributed by atoms with Crippen LogP contribution in [0.4, 0.5) is 10.1 Å². The minimum absolute atomic E-state index is 0.0990. The number of hydrogen-bond donors (Lipinski definition) is 1. The normalized spacial score (nSPS) is 11.9. The molecule has 0 aliphatic carbocycles. The second-order valence-corrected chi connectivity index (χ2v) is 4.35. The Bertz CT molecular complexity index is 542. The van der Waals surface area contributed by atoms with Gasteiger partial charge in [-0.1, -0.05) is 24.3 Å². The quantitative estimate of drug-likeness (QED) is 0.859. The van der Waals surface area contributed by atoms with Crippen LogP contribution in [0.5, 0.6) is 5.75 Å². The first-order valence-corrected chi connectivity index (χ1v) is 6.44. The minimum Gasteiger partial charge on any atom is -0.494 e. The van der Waals surface area contributed by atoms with Crippen LogP contribution in [0.3, 0.4) is 0 Å². The molecule has 2 rings (SSSR count). The molecule has 0 fully saturated rings. The van der Waals surface area contributed by atoms with E-state index in [1.54, 1.807) is 12.1 Å². The van der Waals surface area contributed by atoms with Gasteiger partial charge in [0.1, 0.15) is 11.6 Å². The van der Waals surface area contributed by atoms with Gasteiger partial charge in [-0.3, -0.25) is 0 Å². The topological polar surface area (TPSA) is 21.3 Å². The molecule has 0 amide bonds. The van der Waals surface area contributed by atoms with Crippen LogP contribution in [0, 0.1) is 5.82 Å². The summed E-state index contributed by atoms with van der Waals surface area (Å²) >= 11 is 0. The third-order valence-electron chi connectivity index (χ3n) is 2.90. The molecule has 0 heterocycles. The van der Waals surface area contributed by atoms with Gasteiger partial charge in [0.25, 0.3) is 0 Å². The summed E-state index contributed by atoms with van der Waals surface area (Å²) in [5.74, 6) is 0.622. The van der Waals surface area contributed by atoms with E-state index in [-0.39, 0.29) is 11.9 Å². The molecule has 0 bridgehead atoms. The molecular weight excluding hydrogens is 241 g/mol. The van der Waals surface area contributed by atoms with Crippen LogP contribution >= 0.6 is 0 Å². The lowest BCUT2D eigenvalue weighted by molar-refractivity contribution is 0.340. The van der Waals surface area contributed by atoms with Crippen molar-refractivity contribution in [2.75, 3.05) is 11.9 Å². The number of benzene rings is 2. The van der Waals surface area contributed by atoms with Crippen LogP contribution in [0.1, 0.15) is 25.5 Å². The fraction of sp³-hybridized carbons (Fsp3) is 0.250. The molecule has 0 radical (unpaired) electrons. The predicted molar refractivity (Wildman–Crippen MR) is 76.0 cm³/mol. The zero-order valence-electron chi connectivity index (χ0n) is 11.2. The molecule has 2 aromatic carbocycles. The van der Waals surface area contributed by atoms with E-state index >= 15 is 0 Å². The number of hydrogen-bond acceptors (Lipinski definition) is 2. The van der Waals surface area contributed by atoms with Gasteiger partial charge in [-0.05, 0) is 32.0 Å². The van der Waals surface area contributed by atoms with Gasteiger partial charge >= 0.3 is 0 Å². The molecule has 1 atom stereocenters. The summed E-state index contributed by atoms with van der Waals surface area (Å²) in [6, 6.07) is 14.4. The van der Waals surface area contributed by atoms with Crippen molar-refractivity contribution in [2.45, 2.75) is 19.9 Å². The van der Waals surface area contributed by atoms with Gasteiger partial charge in [-0.15, -0.1) is 0 Å². The van der Waals surface area contributed by atoms with Crippen molar-refractivity contribution in [2.24, 2.45) is 0 Å². The monoisotopic (exact) mass is 259 g/mol. The third-order valence-corrected chi connectivity index (χ3v) is 2.90. The largest absolute Gasteiger partial charge is 0.494 e. The number of rotatable bonds is 5. The van der Waals surface area contributed by atoms with Crippen molar-refractivity contribution in [3.63, 3.8) is 0 Å². The Balaban J connectivity index is 2.12. The van der Waals surface area contributed by atoms with E-state index in [0.29, 0.717) is 12.2 Å². The smallest absolute Gasteiger partial charge is 0.128 e. The van der Waals surface area contributed by atoms with Gasteiger partial charge in [0.05, 0.1) is 12.6 Å². The van der Waals surface area contributed by atoms with Gasteiger partial charge in [0, 0.05) is 17.3 Å². The fourth-order valence-electron chi connectivity index (χ4n) is 2.00. The third kappa shape index (κ3) is 3.47. The summed E-state index contributed by atoms with van der Waals surface area (Å²) in [4.78, 5) is 0. The lowest BCUT2D eigenvalue weighted by Crippen LogP contribution is -2.08. The molecule has 2 aromatic rings. The molecule has 1 N–H and O–H groups in total.